The second-order valence-corrected chi connectivity index (χ2v) is 10.3. The number of alkyl halides is 3. The standard InChI is InChI=1S/C33H30F4N2O2/c34-27-18-23(17-26(19-27)33(35,36)37)22-41-30-14-16-39(31(40)20-28-13-7-8-15-38-28)21-29(30)32(24-9-3-1-4-10-24)25-11-5-2-6-12-25/h1-13,15,17-19,29-30,32H,14,16,20-22H2. The van der Waals surface area contributed by atoms with Crippen LogP contribution in [0.1, 0.15) is 40.3 Å². The smallest absolute Gasteiger partial charge is 0.373 e. The zero-order chi connectivity index (χ0) is 28.8. The number of carbonyl (C=O) groups excluding carboxylic acids is 1. The predicted molar refractivity (Wildman–Crippen MR) is 147 cm³/mol. The second kappa shape index (κ2) is 12.6. The summed E-state index contributed by atoms with van der Waals surface area (Å²) in [5, 5.41) is 0. The highest BCUT2D eigenvalue weighted by atomic mass is 19.4. The molecule has 1 aromatic heterocycles. The number of likely N-dealkylation sites (tertiary alicyclic amines) is 1. The van der Waals surface area contributed by atoms with Crippen LogP contribution in [0.25, 0.3) is 0 Å². The Morgan fingerprint density at radius 2 is 1.59 bits per heavy atom. The molecule has 212 valence electrons. The van der Waals surface area contributed by atoms with Gasteiger partial charge in [-0.1, -0.05) is 66.7 Å². The number of piperidine rings is 1. The van der Waals surface area contributed by atoms with Crippen LogP contribution in [-0.2, 0) is 28.7 Å². The minimum Gasteiger partial charge on any atom is -0.373 e. The molecule has 0 spiro atoms. The lowest BCUT2D eigenvalue weighted by atomic mass is 9.75. The molecule has 8 heteroatoms. The van der Waals surface area contributed by atoms with E-state index in [4.69, 9.17) is 4.74 Å². The van der Waals surface area contributed by atoms with Gasteiger partial charge < -0.3 is 9.64 Å². The summed E-state index contributed by atoms with van der Waals surface area (Å²) in [5.74, 6) is -1.37. The van der Waals surface area contributed by atoms with Crippen molar-refractivity contribution in [3.63, 3.8) is 0 Å². The Bertz CT molecular complexity index is 1390. The van der Waals surface area contributed by atoms with Gasteiger partial charge in [0.2, 0.25) is 5.91 Å². The Balaban J connectivity index is 1.44. The van der Waals surface area contributed by atoms with Crippen LogP contribution in [0.4, 0.5) is 17.6 Å². The van der Waals surface area contributed by atoms with Crippen molar-refractivity contribution in [1.29, 1.82) is 0 Å². The lowest BCUT2D eigenvalue weighted by Gasteiger charge is -2.42. The normalized spacial score (nSPS) is 17.5. The molecular weight excluding hydrogens is 532 g/mol. The molecule has 41 heavy (non-hydrogen) atoms. The summed E-state index contributed by atoms with van der Waals surface area (Å²) in [5.41, 5.74) is 1.83. The minimum absolute atomic E-state index is 0.0491. The Kier molecular flexibility index (Phi) is 8.78. The third-order valence-electron chi connectivity index (χ3n) is 7.50. The summed E-state index contributed by atoms with van der Waals surface area (Å²) >= 11 is 0. The highest BCUT2D eigenvalue weighted by molar-refractivity contribution is 5.78. The number of rotatable bonds is 8. The van der Waals surface area contributed by atoms with Gasteiger partial charge in [-0.25, -0.2) is 4.39 Å². The molecule has 5 rings (SSSR count). The molecule has 3 aromatic carbocycles. The first-order valence-corrected chi connectivity index (χ1v) is 13.5. The van der Waals surface area contributed by atoms with Gasteiger partial charge in [0.25, 0.3) is 0 Å². The molecule has 1 saturated heterocycles. The number of aromatic nitrogens is 1. The van der Waals surface area contributed by atoms with Gasteiger partial charge in [-0.15, -0.1) is 0 Å². The molecule has 1 amide bonds. The van der Waals surface area contributed by atoms with E-state index in [1.165, 1.54) is 0 Å². The van der Waals surface area contributed by atoms with Gasteiger partial charge in [0.1, 0.15) is 5.82 Å². The van der Waals surface area contributed by atoms with Crippen molar-refractivity contribution in [2.24, 2.45) is 5.92 Å². The molecule has 1 fully saturated rings. The molecule has 2 unspecified atom stereocenters. The molecule has 2 atom stereocenters. The van der Waals surface area contributed by atoms with Crippen molar-refractivity contribution in [2.75, 3.05) is 13.1 Å². The molecule has 0 bridgehead atoms. The van der Waals surface area contributed by atoms with Crippen LogP contribution in [0.2, 0.25) is 0 Å². The van der Waals surface area contributed by atoms with Crippen LogP contribution < -0.4 is 0 Å². The molecular formula is C33H30F4N2O2. The molecule has 1 aliphatic heterocycles. The molecule has 4 nitrogen and oxygen atoms in total. The van der Waals surface area contributed by atoms with Crippen molar-refractivity contribution in [1.82, 2.24) is 9.88 Å². The average Bonchev–Trinajstić information content (AvgIpc) is 2.97. The van der Waals surface area contributed by atoms with Crippen LogP contribution in [0.3, 0.4) is 0 Å². The van der Waals surface area contributed by atoms with Crippen molar-refractivity contribution in [3.8, 4) is 0 Å². The van der Waals surface area contributed by atoms with Gasteiger partial charge in [-0.3, -0.25) is 9.78 Å². The fraction of sp³-hybridized carbons (Fsp3) is 0.273. The van der Waals surface area contributed by atoms with E-state index in [1.807, 2.05) is 77.7 Å². The third-order valence-corrected chi connectivity index (χ3v) is 7.50. The highest BCUT2D eigenvalue weighted by Gasteiger charge is 2.39. The number of ether oxygens (including phenoxy) is 1. The van der Waals surface area contributed by atoms with Gasteiger partial charge in [0.15, 0.2) is 0 Å². The topological polar surface area (TPSA) is 42.4 Å². The molecule has 0 saturated carbocycles. The zero-order valence-corrected chi connectivity index (χ0v) is 22.3. The van der Waals surface area contributed by atoms with E-state index in [0.717, 1.165) is 23.3 Å². The Hall–Kier alpha value is -4.04. The van der Waals surface area contributed by atoms with Crippen LogP contribution in [0.15, 0.2) is 103 Å². The number of nitrogens with zero attached hydrogens (tertiary/aromatic N) is 2. The third kappa shape index (κ3) is 7.19. The predicted octanol–water partition coefficient (Wildman–Crippen LogP) is 7.05. The van der Waals surface area contributed by atoms with Crippen LogP contribution in [-0.4, -0.2) is 35.0 Å². The van der Waals surface area contributed by atoms with Crippen molar-refractivity contribution >= 4 is 5.91 Å². The van der Waals surface area contributed by atoms with Crippen LogP contribution >= 0.6 is 0 Å². The number of hydrogen-bond acceptors (Lipinski definition) is 3. The summed E-state index contributed by atoms with van der Waals surface area (Å²) in [6, 6.07) is 27.8. The monoisotopic (exact) mass is 562 g/mol. The number of amides is 1. The second-order valence-electron chi connectivity index (χ2n) is 10.3. The lowest BCUT2D eigenvalue weighted by Crippen LogP contribution is -2.49. The first-order chi connectivity index (χ1) is 19.8. The molecule has 0 radical (unpaired) electrons. The van der Waals surface area contributed by atoms with E-state index in [1.54, 1.807) is 12.3 Å². The fourth-order valence-electron chi connectivity index (χ4n) is 5.59. The Morgan fingerprint density at radius 1 is 0.927 bits per heavy atom. The van der Waals surface area contributed by atoms with Gasteiger partial charge in [-0.05, 0) is 53.4 Å². The van der Waals surface area contributed by atoms with Gasteiger partial charge >= 0.3 is 6.18 Å². The Labute approximate surface area is 236 Å². The first-order valence-electron chi connectivity index (χ1n) is 13.5. The maximum absolute atomic E-state index is 14.1. The maximum Gasteiger partial charge on any atom is 0.416 e. The molecule has 1 aliphatic rings. The maximum atomic E-state index is 14.1. The summed E-state index contributed by atoms with van der Waals surface area (Å²) in [4.78, 5) is 19.5. The summed E-state index contributed by atoms with van der Waals surface area (Å²) < 4.78 is 60.3. The molecule has 2 heterocycles. The summed E-state index contributed by atoms with van der Waals surface area (Å²) in [6.07, 6.45) is -2.75. The zero-order valence-electron chi connectivity index (χ0n) is 22.3. The fourth-order valence-corrected chi connectivity index (χ4v) is 5.59. The largest absolute Gasteiger partial charge is 0.416 e. The number of hydrogen-bond donors (Lipinski definition) is 0. The minimum atomic E-state index is -4.66. The molecule has 0 aliphatic carbocycles. The van der Waals surface area contributed by atoms with Gasteiger partial charge in [-0.2, -0.15) is 13.2 Å². The van der Waals surface area contributed by atoms with Crippen LogP contribution in [0, 0.1) is 11.7 Å². The average molecular weight is 563 g/mol. The van der Waals surface area contributed by atoms with E-state index < -0.39 is 23.7 Å². The van der Waals surface area contributed by atoms with Crippen LogP contribution in [0.5, 0.6) is 0 Å². The van der Waals surface area contributed by atoms with E-state index in [-0.39, 0.29) is 36.3 Å². The number of halogens is 4. The van der Waals surface area contributed by atoms with Crippen molar-refractivity contribution < 1.29 is 27.1 Å². The molecule has 0 N–H and O–H groups in total. The summed E-state index contributed by atoms with van der Waals surface area (Å²) in [7, 11) is 0. The highest BCUT2D eigenvalue weighted by Crippen LogP contribution is 2.39. The lowest BCUT2D eigenvalue weighted by molar-refractivity contribution is -0.137. The van der Waals surface area contributed by atoms with Gasteiger partial charge in [0.05, 0.1) is 24.7 Å². The van der Waals surface area contributed by atoms with E-state index in [9.17, 15) is 22.4 Å². The number of pyridine rings is 1. The van der Waals surface area contributed by atoms with Crippen molar-refractivity contribution in [2.45, 2.75) is 37.6 Å². The first kappa shape index (κ1) is 28.5. The number of benzene rings is 3. The van der Waals surface area contributed by atoms with E-state index in [0.29, 0.717) is 31.3 Å². The van der Waals surface area contributed by atoms with Crippen molar-refractivity contribution in [3.05, 3.63) is 137 Å². The van der Waals surface area contributed by atoms with E-state index in [2.05, 4.69) is 4.98 Å². The number of carbonyl (C=O) groups is 1. The summed E-state index contributed by atoms with van der Waals surface area (Å²) in [6.45, 7) is 0.641. The van der Waals surface area contributed by atoms with Gasteiger partial charge in [0, 0.05) is 36.8 Å². The van der Waals surface area contributed by atoms with E-state index >= 15 is 0 Å². The quantitative estimate of drug-likeness (QED) is 0.216. The SMILES string of the molecule is O=C(Cc1ccccn1)N1CCC(OCc2cc(F)cc(C(F)(F)F)c2)C(C(c2ccccc2)c2ccccc2)C1. The molecule has 4 aromatic rings. The Morgan fingerprint density at radius 3 is 2.20 bits per heavy atom.